The molecule has 0 radical (unpaired) electrons. The SMILES string of the molecule is S=c1[nH][nH]c(=S)n1/N=C\c1ccc(-c2ccccc2)cc1. The normalized spacial score (nSPS) is 11.0. The molecule has 0 saturated heterocycles. The molecule has 0 aliphatic carbocycles. The molecule has 4 nitrogen and oxygen atoms in total. The number of benzene rings is 2. The summed E-state index contributed by atoms with van der Waals surface area (Å²) >= 11 is 10.1. The molecule has 0 saturated carbocycles. The van der Waals surface area contributed by atoms with E-state index in [9.17, 15) is 0 Å². The van der Waals surface area contributed by atoms with Crippen LogP contribution >= 0.6 is 24.4 Å². The van der Waals surface area contributed by atoms with Gasteiger partial charge in [0.15, 0.2) is 0 Å². The number of hydrogen-bond acceptors (Lipinski definition) is 3. The Hall–Kier alpha value is -2.31. The van der Waals surface area contributed by atoms with Gasteiger partial charge in [0, 0.05) is 0 Å². The lowest BCUT2D eigenvalue weighted by Crippen LogP contribution is -1.91. The predicted octanol–water partition coefficient (Wildman–Crippen LogP) is 4.15. The summed E-state index contributed by atoms with van der Waals surface area (Å²) in [6.07, 6.45) is 1.72. The van der Waals surface area contributed by atoms with Crippen molar-refractivity contribution in [3.8, 4) is 11.1 Å². The first-order valence-electron chi connectivity index (χ1n) is 6.33. The van der Waals surface area contributed by atoms with E-state index >= 15 is 0 Å². The number of nitrogens with zero attached hydrogens (tertiary/aromatic N) is 2. The summed E-state index contributed by atoms with van der Waals surface area (Å²) in [5, 5.41) is 9.74. The first kappa shape index (κ1) is 13.7. The Morgan fingerprint density at radius 1 is 0.810 bits per heavy atom. The molecule has 0 atom stereocenters. The molecule has 6 heteroatoms. The van der Waals surface area contributed by atoms with Gasteiger partial charge in [-0.25, -0.2) is 0 Å². The van der Waals surface area contributed by atoms with Gasteiger partial charge in [0.1, 0.15) is 0 Å². The maximum atomic E-state index is 5.07. The zero-order valence-electron chi connectivity index (χ0n) is 11.0. The molecule has 2 N–H and O–H groups in total. The largest absolute Gasteiger partial charge is 0.273 e. The van der Waals surface area contributed by atoms with Gasteiger partial charge in [-0.3, -0.25) is 10.2 Å². The highest BCUT2D eigenvalue weighted by molar-refractivity contribution is 7.72. The van der Waals surface area contributed by atoms with Gasteiger partial charge in [-0.05, 0) is 41.1 Å². The van der Waals surface area contributed by atoms with Crippen LogP contribution in [-0.4, -0.2) is 21.1 Å². The smallest absolute Gasteiger partial charge is 0.215 e. The molecule has 104 valence electrons. The van der Waals surface area contributed by atoms with Crippen molar-refractivity contribution in [2.24, 2.45) is 5.10 Å². The third-order valence-corrected chi connectivity index (χ3v) is 3.55. The van der Waals surface area contributed by atoms with Gasteiger partial charge in [0.25, 0.3) is 0 Å². The quantitative estimate of drug-likeness (QED) is 0.564. The van der Waals surface area contributed by atoms with Crippen LogP contribution in [0.15, 0.2) is 59.7 Å². The van der Waals surface area contributed by atoms with Crippen LogP contribution < -0.4 is 0 Å². The molecule has 0 aliphatic heterocycles. The van der Waals surface area contributed by atoms with Crippen LogP contribution in [0.3, 0.4) is 0 Å². The fourth-order valence-electron chi connectivity index (χ4n) is 1.93. The minimum atomic E-state index is 0.442. The molecule has 1 heterocycles. The van der Waals surface area contributed by atoms with Crippen LogP contribution in [0.25, 0.3) is 11.1 Å². The maximum absolute atomic E-state index is 5.07. The maximum Gasteiger partial charge on any atom is 0.215 e. The van der Waals surface area contributed by atoms with E-state index in [-0.39, 0.29) is 0 Å². The van der Waals surface area contributed by atoms with E-state index in [1.807, 2.05) is 30.3 Å². The second-order valence-corrected chi connectivity index (χ2v) is 5.18. The molecule has 3 aromatic rings. The highest BCUT2D eigenvalue weighted by Crippen LogP contribution is 2.18. The number of aromatic amines is 2. The number of H-pyrrole nitrogens is 2. The van der Waals surface area contributed by atoms with Crippen LogP contribution in [-0.2, 0) is 0 Å². The lowest BCUT2D eigenvalue weighted by atomic mass is 10.0. The molecule has 3 rings (SSSR count). The predicted molar refractivity (Wildman–Crippen MR) is 89.7 cm³/mol. The highest BCUT2D eigenvalue weighted by atomic mass is 32.1. The lowest BCUT2D eigenvalue weighted by Gasteiger charge is -2.01. The minimum Gasteiger partial charge on any atom is -0.273 e. The van der Waals surface area contributed by atoms with Crippen LogP contribution in [0, 0.1) is 9.54 Å². The first-order valence-corrected chi connectivity index (χ1v) is 7.15. The second kappa shape index (κ2) is 5.99. The van der Waals surface area contributed by atoms with E-state index in [1.54, 1.807) is 6.21 Å². The molecule has 21 heavy (non-hydrogen) atoms. The Kier molecular flexibility index (Phi) is 3.89. The van der Waals surface area contributed by atoms with Crippen LogP contribution in [0.5, 0.6) is 0 Å². The molecule has 2 aromatic carbocycles. The molecule has 0 aliphatic rings. The van der Waals surface area contributed by atoms with Crippen LogP contribution in [0.2, 0.25) is 0 Å². The van der Waals surface area contributed by atoms with Crippen molar-refractivity contribution >= 4 is 30.7 Å². The third kappa shape index (κ3) is 3.07. The fraction of sp³-hybridized carbons (Fsp3) is 0. The summed E-state index contributed by atoms with van der Waals surface area (Å²) < 4.78 is 2.35. The van der Waals surface area contributed by atoms with Crippen molar-refractivity contribution in [3.05, 3.63) is 69.7 Å². The average molecular weight is 312 g/mol. The summed E-state index contributed by atoms with van der Waals surface area (Å²) in [4.78, 5) is 0. The van der Waals surface area contributed by atoms with Crippen molar-refractivity contribution in [2.45, 2.75) is 0 Å². The fourth-order valence-corrected chi connectivity index (χ4v) is 2.36. The Balaban J connectivity index is 1.85. The van der Waals surface area contributed by atoms with E-state index in [0.717, 1.165) is 5.56 Å². The van der Waals surface area contributed by atoms with Gasteiger partial charge in [-0.1, -0.05) is 54.6 Å². The van der Waals surface area contributed by atoms with E-state index in [4.69, 9.17) is 24.4 Å². The molecule has 0 amide bonds. The summed E-state index contributed by atoms with van der Waals surface area (Å²) in [6.45, 7) is 0. The number of hydrogen-bond donors (Lipinski definition) is 2. The Morgan fingerprint density at radius 2 is 1.38 bits per heavy atom. The van der Waals surface area contributed by atoms with Crippen LogP contribution in [0.4, 0.5) is 0 Å². The van der Waals surface area contributed by atoms with Gasteiger partial charge in [-0.2, -0.15) is 9.78 Å². The monoisotopic (exact) mass is 312 g/mol. The van der Waals surface area contributed by atoms with Crippen molar-refractivity contribution < 1.29 is 0 Å². The number of nitrogens with one attached hydrogen (secondary N) is 2. The standard InChI is InChI=1S/C15H12N4S2/c20-14-17-18-15(21)19(14)16-10-11-6-8-13(9-7-11)12-4-2-1-3-5-12/h1-10H,(H,17,20)(H,18,21)/b16-10-. The zero-order chi connectivity index (χ0) is 14.7. The Morgan fingerprint density at radius 3 is 2.00 bits per heavy atom. The topological polar surface area (TPSA) is 48.9 Å². The number of rotatable bonds is 3. The van der Waals surface area contributed by atoms with Gasteiger partial charge in [0.2, 0.25) is 9.54 Å². The Bertz CT molecular complexity index is 843. The zero-order valence-corrected chi connectivity index (χ0v) is 12.6. The van der Waals surface area contributed by atoms with Crippen molar-refractivity contribution in [1.82, 2.24) is 14.9 Å². The van der Waals surface area contributed by atoms with E-state index in [0.29, 0.717) is 9.54 Å². The Labute approximate surface area is 131 Å². The van der Waals surface area contributed by atoms with E-state index in [2.05, 4.69) is 39.6 Å². The first-order chi connectivity index (χ1) is 10.2. The molecule has 1 aromatic heterocycles. The van der Waals surface area contributed by atoms with E-state index < -0.39 is 0 Å². The summed E-state index contributed by atoms with van der Waals surface area (Å²) in [5.74, 6) is 0. The summed E-state index contributed by atoms with van der Waals surface area (Å²) in [6, 6.07) is 18.4. The van der Waals surface area contributed by atoms with Crippen LogP contribution in [0.1, 0.15) is 5.56 Å². The third-order valence-electron chi connectivity index (χ3n) is 3.00. The van der Waals surface area contributed by atoms with Gasteiger partial charge in [-0.15, -0.1) is 0 Å². The minimum absolute atomic E-state index is 0.442. The molecular formula is C15H12N4S2. The second-order valence-electron chi connectivity index (χ2n) is 4.40. The summed E-state index contributed by atoms with van der Waals surface area (Å²) in [5.41, 5.74) is 3.34. The molecular weight excluding hydrogens is 300 g/mol. The molecule has 0 unspecified atom stereocenters. The average Bonchev–Trinajstić information content (AvgIpc) is 2.85. The molecule has 0 fully saturated rings. The van der Waals surface area contributed by atoms with Crippen molar-refractivity contribution in [1.29, 1.82) is 0 Å². The van der Waals surface area contributed by atoms with Gasteiger partial charge in [0.05, 0.1) is 6.21 Å². The number of aromatic nitrogens is 3. The van der Waals surface area contributed by atoms with Gasteiger partial charge < -0.3 is 0 Å². The lowest BCUT2D eigenvalue weighted by molar-refractivity contribution is 0.848. The van der Waals surface area contributed by atoms with Crippen molar-refractivity contribution in [3.63, 3.8) is 0 Å². The molecule has 0 spiro atoms. The van der Waals surface area contributed by atoms with E-state index in [1.165, 1.54) is 15.8 Å². The highest BCUT2D eigenvalue weighted by Gasteiger charge is 1.97. The van der Waals surface area contributed by atoms with Gasteiger partial charge >= 0.3 is 0 Å². The molecule has 0 bridgehead atoms. The summed E-state index contributed by atoms with van der Waals surface area (Å²) in [7, 11) is 0. The van der Waals surface area contributed by atoms with Crippen molar-refractivity contribution in [2.75, 3.05) is 0 Å².